The minimum atomic E-state index is -0.419. The van der Waals surface area contributed by atoms with Crippen LogP contribution in [0.15, 0.2) is 63.5 Å². The van der Waals surface area contributed by atoms with E-state index < -0.39 is 4.92 Å². The van der Waals surface area contributed by atoms with Crippen molar-refractivity contribution in [3.63, 3.8) is 0 Å². The van der Waals surface area contributed by atoms with E-state index in [1.165, 1.54) is 23.5 Å². The molecule has 0 spiro atoms. The number of non-ortho nitro benzene ring substituents is 1. The SMILES string of the molecule is O=[N+]([O-])c1cccc(-c2csc(N/N=C\c3cccc(Br)c3)n2)c1. The second kappa shape index (κ2) is 7.33. The lowest BCUT2D eigenvalue weighted by atomic mass is 10.1. The normalized spacial score (nSPS) is 10.9. The van der Waals surface area contributed by atoms with Gasteiger partial charge in [-0.05, 0) is 17.7 Å². The lowest BCUT2D eigenvalue weighted by Crippen LogP contribution is -1.91. The Kier molecular flexibility index (Phi) is 4.97. The first-order valence-electron chi connectivity index (χ1n) is 6.87. The molecule has 0 saturated carbocycles. The molecule has 3 aromatic rings. The van der Waals surface area contributed by atoms with Crippen LogP contribution in [0.5, 0.6) is 0 Å². The molecule has 0 fully saturated rings. The molecule has 120 valence electrons. The summed E-state index contributed by atoms with van der Waals surface area (Å²) in [5.74, 6) is 0. The highest BCUT2D eigenvalue weighted by Gasteiger charge is 2.09. The van der Waals surface area contributed by atoms with Crippen molar-refractivity contribution in [2.45, 2.75) is 0 Å². The summed E-state index contributed by atoms with van der Waals surface area (Å²) in [6.07, 6.45) is 1.69. The molecule has 3 rings (SSSR count). The highest BCUT2D eigenvalue weighted by Crippen LogP contribution is 2.27. The largest absolute Gasteiger partial charge is 0.270 e. The van der Waals surface area contributed by atoms with Gasteiger partial charge in [0.2, 0.25) is 5.13 Å². The van der Waals surface area contributed by atoms with Crippen LogP contribution in [0.4, 0.5) is 10.8 Å². The number of hydrogen-bond donors (Lipinski definition) is 1. The number of rotatable bonds is 5. The van der Waals surface area contributed by atoms with Gasteiger partial charge in [-0.25, -0.2) is 4.98 Å². The molecular formula is C16H11BrN4O2S. The highest BCUT2D eigenvalue weighted by atomic mass is 79.9. The maximum absolute atomic E-state index is 10.8. The summed E-state index contributed by atoms with van der Waals surface area (Å²) < 4.78 is 0.980. The molecule has 0 amide bonds. The third kappa shape index (κ3) is 4.03. The van der Waals surface area contributed by atoms with Crippen molar-refractivity contribution in [2.75, 3.05) is 5.43 Å². The lowest BCUT2D eigenvalue weighted by Gasteiger charge is -1.97. The van der Waals surface area contributed by atoms with E-state index in [1.807, 2.05) is 29.6 Å². The summed E-state index contributed by atoms with van der Waals surface area (Å²) >= 11 is 4.79. The van der Waals surface area contributed by atoms with E-state index in [9.17, 15) is 10.1 Å². The fourth-order valence-electron chi connectivity index (χ4n) is 1.99. The molecule has 0 atom stereocenters. The molecule has 24 heavy (non-hydrogen) atoms. The molecule has 1 heterocycles. The number of nitro groups is 1. The summed E-state index contributed by atoms with van der Waals surface area (Å²) in [6.45, 7) is 0. The quantitative estimate of drug-likeness (QED) is 0.372. The number of nitrogens with zero attached hydrogens (tertiary/aromatic N) is 3. The Morgan fingerprint density at radius 2 is 2.08 bits per heavy atom. The minimum Gasteiger partial charge on any atom is -0.258 e. The van der Waals surface area contributed by atoms with E-state index in [1.54, 1.807) is 18.3 Å². The van der Waals surface area contributed by atoms with Crippen LogP contribution in [0.1, 0.15) is 5.56 Å². The standard InChI is InChI=1S/C16H11BrN4O2S/c17-13-5-1-3-11(7-13)9-18-20-16-19-15(10-24-16)12-4-2-6-14(8-12)21(22)23/h1-10H,(H,19,20)/b18-9-. The lowest BCUT2D eigenvalue weighted by molar-refractivity contribution is -0.384. The number of thiazole rings is 1. The Morgan fingerprint density at radius 3 is 2.88 bits per heavy atom. The molecule has 0 radical (unpaired) electrons. The molecule has 0 unspecified atom stereocenters. The zero-order valence-corrected chi connectivity index (χ0v) is 14.6. The zero-order valence-electron chi connectivity index (χ0n) is 12.2. The van der Waals surface area contributed by atoms with Gasteiger partial charge in [-0.3, -0.25) is 15.5 Å². The molecule has 2 aromatic carbocycles. The number of anilines is 1. The van der Waals surface area contributed by atoms with Gasteiger partial charge in [0.25, 0.3) is 5.69 Å². The second-order valence-electron chi connectivity index (χ2n) is 4.77. The van der Waals surface area contributed by atoms with Gasteiger partial charge in [0.15, 0.2) is 0 Å². The van der Waals surface area contributed by atoms with Crippen molar-refractivity contribution in [1.82, 2.24) is 4.98 Å². The van der Waals surface area contributed by atoms with Gasteiger partial charge in [-0.1, -0.05) is 40.2 Å². The number of halogens is 1. The predicted molar refractivity (Wildman–Crippen MR) is 99.6 cm³/mol. The minimum absolute atomic E-state index is 0.0442. The van der Waals surface area contributed by atoms with Gasteiger partial charge in [0.05, 0.1) is 16.8 Å². The number of aromatic nitrogens is 1. The zero-order chi connectivity index (χ0) is 16.9. The maximum atomic E-state index is 10.8. The fourth-order valence-corrected chi connectivity index (χ4v) is 3.07. The van der Waals surface area contributed by atoms with Crippen molar-refractivity contribution in [3.05, 3.63) is 74.1 Å². The molecule has 1 aromatic heterocycles. The molecule has 0 aliphatic carbocycles. The average Bonchev–Trinajstić information content (AvgIpc) is 3.04. The van der Waals surface area contributed by atoms with E-state index >= 15 is 0 Å². The first kappa shape index (κ1) is 16.3. The van der Waals surface area contributed by atoms with Crippen molar-refractivity contribution < 1.29 is 4.92 Å². The fraction of sp³-hybridized carbons (Fsp3) is 0. The van der Waals surface area contributed by atoms with Gasteiger partial charge >= 0.3 is 0 Å². The molecule has 6 nitrogen and oxygen atoms in total. The van der Waals surface area contributed by atoms with E-state index in [-0.39, 0.29) is 5.69 Å². The van der Waals surface area contributed by atoms with Crippen molar-refractivity contribution in [1.29, 1.82) is 0 Å². The number of benzene rings is 2. The molecule has 0 aliphatic heterocycles. The van der Waals surface area contributed by atoms with Crippen LogP contribution >= 0.6 is 27.3 Å². The summed E-state index contributed by atoms with van der Waals surface area (Å²) in [5.41, 5.74) is 5.23. The monoisotopic (exact) mass is 402 g/mol. The topological polar surface area (TPSA) is 80.4 Å². The van der Waals surface area contributed by atoms with E-state index in [0.717, 1.165) is 10.0 Å². The average molecular weight is 403 g/mol. The first-order valence-corrected chi connectivity index (χ1v) is 8.54. The maximum Gasteiger partial charge on any atom is 0.270 e. The van der Waals surface area contributed by atoms with Crippen LogP contribution in [-0.4, -0.2) is 16.1 Å². The predicted octanol–water partition coefficient (Wildman–Crippen LogP) is 4.93. The van der Waals surface area contributed by atoms with Crippen LogP contribution in [0.2, 0.25) is 0 Å². The van der Waals surface area contributed by atoms with Gasteiger partial charge in [-0.2, -0.15) is 5.10 Å². The Morgan fingerprint density at radius 1 is 1.25 bits per heavy atom. The number of hydrazone groups is 1. The molecular weight excluding hydrogens is 392 g/mol. The third-order valence-corrected chi connectivity index (χ3v) is 4.32. The van der Waals surface area contributed by atoms with Gasteiger partial charge < -0.3 is 0 Å². The van der Waals surface area contributed by atoms with Gasteiger partial charge in [-0.15, -0.1) is 11.3 Å². The first-order chi connectivity index (χ1) is 11.6. The Balaban J connectivity index is 1.72. The molecule has 0 saturated heterocycles. The van der Waals surface area contributed by atoms with E-state index in [2.05, 4.69) is 31.4 Å². The van der Waals surface area contributed by atoms with Crippen LogP contribution in [0, 0.1) is 10.1 Å². The molecule has 0 aliphatic rings. The van der Waals surface area contributed by atoms with Crippen LogP contribution < -0.4 is 5.43 Å². The number of nitro benzene ring substituents is 1. The smallest absolute Gasteiger partial charge is 0.258 e. The van der Waals surface area contributed by atoms with Crippen molar-refractivity contribution >= 4 is 44.3 Å². The van der Waals surface area contributed by atoms with Crippen molar-refractivity contribution in [3.8, 4) is 11.3 Å². The highest BCUT2D eigenvalue weighted by molar-refractivity contribution is 9.10. The van der Waals surface area contributed by atoms with E-state index in [4.69, 9.17) is 0 Å². The van der Waals surface area contributed by atoms with Gasteiger partial charge in [0.1, 0.15) is 0 Å². The summed E-state index contributed by atoms with van der Waals surface area (Å²) in [5, 5.41) is 17.4. The Bertz CT molecular complexity index is 910. The summed E-state index contributed by atoms with van der Waals surface area (Å²) in [4.78, 5) is 14.8. The van der Waals surface area contributed by atoms with Crippen LogP contribution in [0.25, 0.3) is 11.3 Å². The molecule has 0 bridgehead atoms. The third-order valence-electron chi connectivity index (χ3n) is 3.08. The van der Waals surface area contributed by atoms with Crippen LogP contribution in [0.3, 0.4) is 0 Å². The second-order valence-corrected chi connectivity index (χ2v) is 6.54. The van der Waals surface area contributed by atoms with E-state index in [0.29, 0.717) is 16.4 Å². The number of hydrogen-bond acceptors (Lipinski definition) is 6. The summed E-state index contributed by atoms with van der Waals surface area (Å²) in [6, 6.07) is 14.1. The molecule has 8 heteroatoms. The summed E-state index contributed by atoms with van der Waals surface area (Å²) in [7, 11) is 0. The van der Waals surface area contributed by atoms with Crippen molar-refractivity contribution in [2.24, 2.45) is 5.10 Å². The van der Waals surface area contributed by atoms with Crippen LogP contribution in [-0.2, 0) is 0 Å². The molecule has 1 N–H and O–H groups in total. The number of nitrogens with one attached hydrogen (secondary N) is 1. The Hall–Kier alpha value is -2.58. The Labute approximate surface area is 150 Å². The van der Waals surface area contributed by atoms with Gasteiger partial charge in [0, 0.05) is 27.5 Å².